The van der Waals surface area contributed by atoms with Crippen LogP contribution in [0.15, 0.2) is 60.8 Å². The zero-order valence-electron chi connectivity index (χ0n) is 16.1. The zero-order chi connectivity index (χ0) is 19.8. The highest BCUT2D eigenvalue weighted by Crippen LogP contribution is 2.26. The summed E-state index contributed by atoms with van der Waals surface area (Å²) in [5.41, 5.74) is 3.38. The van der Waals surface area contributed by atoms with Crippen molar-refractivity contribution in [1.29, 1.82) is 0 Å². The number of H-pyrrole nitrogens is 1. The van der Waals surface area contributed by atoms with Crippen LogP contribution in [0.4, 0.5) is 0 Å². The summed E-state index contributed by atoms with van der Waals surface area (Å²) in [5, 5.41) is 9.59. The Bertz CT molecular complexity index is 1160. The molecule has 2 aromatic carbocycles. The van der Waals surface area contributed by atoms with E-state index in [9.17, 15) is 4.79 Å². The molecule has 5 rings (SSSR count). The number of nitrogens with zero attached hydrogens (tertiary/aromatic N) is 4. The van der Waals surface area contributed by atoms with Gasteiger partial charge < -0.3 is 14.6 Å². The molecule has 1 aliphatic heterocycles. The second-order valence-electron chi connectivity index (χ2n) is 7.28. The van der Waals surface area contributed by atoms with E-state index in [-0.39, 0.29) is 11.9 Å². The fraction of sp³-hybridized carbons (Fsp3) is 0.227. The number of carbonyl (C=O) groups excluding carboxylic acids is 1. The van der Waals surface area contributed by atoms with Crippen LogP contribution in [-0.4, -0.2) is 51.0 Å². The van der Waals surface area contributed by atoms with Crippen LogP contribution in [0, 0.1) is 0 Å². The lowest BCUT2D eigenvalue weighted by atomic mass is 10.2. The topological polar surface area (TPSA) is 76.0 Å². The van der Waals surface area contributed by atoms with Crippen molar-refractivity contribution in [1.82, 2.24) is 24.9 Å². The SMILES string of the molecule is COc1ccc2cc(C(=O)N3CC[C@@H](n4cc(-c5ccccc5)nn4)C3)[nH]c2c1. The van der Waals surface area contributed by atoms with Crippen LogP contribution in [0.1, 0.15) is 23.0 Å². The fourth-order valence-electron chi connectivity index (χ4n) is 3.86. The number of fused-ring (bicyclic) bond motifs is 1. The molecule has 0 bridgehead atoms. The molecule has 0 aliphatic carbocycles. The van der Waals surface area contributed by atoms with Gasteiger partial charge in [-0.2, -0.15) is 0 Å². The summed E-state index contributed by atoms with van der Waals surface area (Å²) in [7, 11) is 1.63. The molecule has 1 fully saturated rings. The summed E-state index contributed by atoms with van der Waals surface area (Å²) in [6, 6.07) is 17.8. The molecule has 7 nitrogen and oxygen atoms in total. The van der Waals surface area contributed by atoms with Crippen molar-refractivity contribution < 1.29 is 9.53 Å². The third-order valence-corrected chi connectivity index (χ3v) is 5.46. The maximum atomic E-state index is 13.0. The third kappa shape index (κ3) is 3.24. The van der Waals surface area contributed by atoms with E-state index in [1.165, 1.54) is 0 Å². The average molecular weight is 387 g/mol. The number of carbonyl (C=O) groups is 1. The highest BCUT2D eigenvalue weighted by atomic mass is 16.5. The van der Waals surface area contributed by atoms with Crippen molar-refractivity contribution in [3.8, 4) is 17.0 Å². The number of methoxy groups -OCH3 is 1. The van der Waals surface area contributed by atoms with Gasteiger partial charge in [0.1, 0.15) is 17.1 Å². The number of hydrogen-bond acceptors (Lipinski definition) is 4. The highest BCUT2D eigenvalue weighted by molar-refractivity contribution is 5.98. The Morgan fingerprint density at radius 3 is 2.86 bits per heavy atom. The molecule has 146 valence electrons. The molecule has 2 aromatic heterocycles. The molecule has 1 saturated heterocycles. The lowest BCUT2D eigenvalue weighted by Crippen LogP contribution is -2.29. The van der Waals surface area contributed by atoms with Gasteiger partial charge in [0, 0.05) is 35.6 Å². The van der Waals surface area contributed by atoms with Gasteiger partial charge in [-0.3, -0.25) is 4.79 Å². The first-order valence-corrected chi connectivity index (χ1v) is 9.64. The van der Waals surface area contributed by atoms with Crippen molar-refractivity contribution in [3.05, 3.63) is 66.5 Å². The third-order valence-electron chi connectivity index (χ3n) is 5.46. The van der Waals surface area contributed by atoms with Crippen LogP contribution in [0.25, 0.3) is 22.2 Å². The standard InChI is InChI=1S/C22H21N5O2/c1-29-18-8-7-16-11-20(23-19(16)12-18)22(28)26-10-9-17(13-26)27-14-21(24-25-27)15-5-3-2-4-6-15/h2-8,11-12,14,17,23H,9-10,13H2,1H3/t17-/m1/s1. The number of amides is 1. The minimum atomic E-state index is 0.00562. The number of nitrogens with one attached hydrogen (secondary N) is 1. The maximum absolute atomic E-state index is 13.0. The van der Waals surface area contributed by atoms with Gasteiger partial charge in [0.25, 0.3) is 5.91 Å². The van der Waals surface area contributed by atoms with E-state index in [4.69, 9.17) is 4.74 Å². The van der Waals surface area contributed by atoms with Gasteiger partial charge in [0.15, 0.2) is 0 Å². The van der Waals surface area contributed by atoms with Crippen molar-refractivity contribution in [3.63, 3.8) is 0 Å². The zero-order valence-corrected chi connectivity index (χ0v) is 16.1. The number of benzene rings is 2. The minimum Gasteiger partial charge on any atom is -0.497 e. The number of hydrogen-bond donors (Lipinski definition) is 1. The van der Waals surface area contributed by atoms with Gasteiger partial charge in [0.2, 0.25) is 0 Å². The number of aromatic nitrogens is 4. The summed E-state index contributed by atoms with van der Waals surface area (Å²) in [4.78, 5) is 18.1. The Labute approximate surface area is 167 Å². The van der Waals surface area contributed by atoms with Crippen LogP contribution >= 0.6 is 0 Å². The molecule has 1 aliphatic rings. The van der Waals surface area contributed by atoms with Crippen molar-refractivity contribution in [2.45, 2.75) is 12.5 Å². The summed E-state index contributed by atoms with van der Waals surface area (Å²) in [6.07, 6.45) is 2.82. The van der Waals surface area contributed by atoms with Gasteiger partial charge in [0.05, 0.1) is 19.3 Å². The Morgan fingerprint density at radius 2 is 2.03 bits per heavy atom. The Kier molecular flexibility index (Phi) is 4.27. The molecule has 1 amide bonds. The fourth-order valence-corrected chi connectivity index (χ4v) is 3.86. The second-order valence-corrected chi connectivity index (χ2v) is 7.28. The Morgan fingerprint density at radius 1 is 1.17 bits per heavy atom. The number of likely N-dealkylation sites (tertiary alicyclic amines) is 1. The highest BCUT2D eigenvalue weighted by Gasteiger charge is 2.29. The quantitative estimate of drug-likeness (QED) is 0.581. The van der Waals surface area contributed by atoms with Gasteiger partial charge in [-0.15, -0.1) is 5.10 Å². The van der Waals surface area contributed by atoms with Crippen LogP contribution in [-0.2, 0) is 0 Å². The molecule has 7 heteroatoms. The Balaban J connectivity index is 1.32. The molecule has 0 saturated carbocycles. The van der Waals surface area contributed by atoms with Crippen LogP contribution in [0.2, 0.25) is 0 Å². The summed E-state index contributed by atoms with van der Waals surface area (Å²) >= 11 is 0. The van der Waals surface area contributed by atoms with Crippen LogP contribution in [0.5, 0.6) is 5.75 Å². The molecule has 0 unspecified atom stereocenters. The van der Waals surface area contributed by atoms with E-state index in [2.05, 4.69) is 15.3 Å². The molecule has 3 heterocycles. The molecule has 4 aromatic rings. The molecule has 29 heavy (non-hydrogen) atoms. The first-order valence-electron chi connectivity index (χ1n) is 9.64. The van der Waals surface area contributed by atoms with Crippen LogP contribution < -0.4 is 4.74 Å². The van der Waals surface area contributed by atoms with E-state index < -0.39 is 0 Å². The van der Waals surface area contributed by atoms with E-state index in [0.29, 0.717) is 18.8 Å². The van der Waals surface area contributed by atoms with Crippen molar-refractivity contribution in [2.24, 2.45) is 0 Å². The molecular formula is C22H21N5O2. The predicted molar refractivity (Wildman–Crippen MR) is 110 cm³/mol. The first-order chi connectivity index (χ1) is 14.2. The van der Waals surface area contributed by atoms with Gasteiger partial charge in [-0.05, 0) is 24.6 Å². The molecular weight excluding hydrogens is 366 g/mol. The van der Waals surface area contributed by atoms with Crippen LogP contribution in [0.3, 0.4) is 0 Å². The molecule has 1 atom stereocenters. The van der Waals surface area contributed by atoms with Crippen molar-refractivity contribution >= 4 is 16.8 Å². The average Bonchev–Trinajstić information content (AvgIpc) is 3.52. The maximum Gasteiger partial charge on any atom is 0.270 e. The normalized spacial score (nSPS) is 16.4. The molecule has 1 N–H and O–H groups in total. The first kappa shape index (κ1) is 17.5. The van der Waals surface area contributed by atoms with Gasteiger partial charge in [-0.25, -0.2) is 4.68 Å². The van der Waals surface area contributed by atoms with Gasteiger partial charge >= 0.3 is 0 Å². The summed E-state index contributed by atoms with van der Waals surface area (Å²) in [6.45, 7) is 1.32. The second kappa shape index (κ2) is 7.09. The Hall–Kier alpha value is -3.61. The smallest absolute Gasteiger partial charge is 0.270 e. The van der Waals surface area contributed by atoms with E-state index >= 15 is 0 Å². The number of aromatic amines is 1. The van der Waals surface area contributed by atoms with Gasteiger partial charge in [-0.1, -0.05) is 35.5 Å². The molecule has 0 radical (unpaired) electrons. The number of ether oxygens (including phenoxy) is 1. The van der Waals surface area contributed by atoms with E-state index in [1.54, 1.807) is 7.11 Å². The minimum absolute atomic E-state index is 0.00562. The number of rotatable bonds is 4. The molecule has 0 spiro atoms. The predicted octanol–water partition coefficient (Wildman–Crippen LogP) is 3.52. The summed E-state index contributed by atoms with van der Waals surface area (Å²) in [5.74, 6) is 0.769. The summed E-state index contributed by atoms with van der Waals surface area (Å²) < 4.78 is 7.14. The van der Waals surface area contributed by atoms with Crippen molar-refractivity contribution in [2.75, 3.05) is 20.2 Å². The van der Waals surface area contributed by atoms with E-state index in [1.807, 2.05) is 70.4 Å². The monoisotopic (exact) mass is 387 g/mol. The lowest BCUT2D eigenvalue weighted by Gasteiger charge is -2.15. The largest absolute Gasteiger partial charge is 0.497 e. The van der Waals surface area contributed by atoms with E-state index in [0.717, 1.165) is 34.3 Å². The lowest BCUT2D eigenvalue weighted by molar-refractivity contribution is 0.0782.